The van der Waals surface area contributed by atoms with Crippen LogP contribution in [-0.2, 0) is 4.79 Å². The Kier molecular flexibility index (Phi) is 7.69. The van der Waals surface area contributed by atoms with E-state index < -0.39 is 0 Å². The van der Waals surface area contributed by atoms with Crippen LogP contribution in [0.15, 0.2) is 22.7 Å². The van der Waals surface area contributed by atoms with Crippen LogP contribution in [0.4, 0.5) is 6.01 Å². The summed E-state index contributed by atoms with van der Waals surface area (Å²) in [7, 11) is 0. The van der Waals surface area contributed by atoms with E-state index in [4.69, 9.17) is 14.1 Å². The molecule has 9 nitrogen and oxygen atoms in total. The van der Waals surface area contributed by atoms with Crippen LogP contribution in [0.5, 0.6) is 11.5 Å². The van der Waals surface area contributed by atoms with E-state index in [-0.39, 0.29) is 17.9 Å². The van der Waals surface area contributed by atoms with Crippen LogP contribution in [-0.4, -0.2) is 48.3 Å². The number of hydrogen-bond acceptors (Lipinski definition) is 8. The lowest BCUT2D eigenvalue weighted by Crippen LogP contribution is -2.38. The van der Waals surface area contributed by atoms with Gasteiger partial charge in [-0.25, -0.2) is 0 Å². The van der Waals surface area contributed by atoms with Gasteiger partial charge in [-0.2, -0.15) is 4.98 Å². The molecule has 3 heterocycles. The molecule has 2 N–H and O–H groups in total. The predicted octanol–water partition coefficient (Wildman–Crippen LogP) is 3.35. The minimum absolute atomic E-state index is 0.0202. The number of benzene rings is 1. The first-order chi connectivity index (χ1) is 16.0. The van der Waals surface area contributed by atoms with Crippen molar-refractivity contribution in [2.45, 2.75) is 64.8 Å². The van der Waals surface area contributed by atoms with Gasteiger partial charge in [0.25, 0.3) is 0 Å². The fourth-order valence-electron chi connectivity index (χ4n) is 4.23. The highest BCUT2D eigenvalue weighted by atomic mass is 16.6. The highest BCUT2D eigenvalue weighted by Gasteiger charge is 2.25. The Hall–Kier alpha value is -2.81. The number of carbonyl (C=O) groups excluding carboxylic acids is 1. The Labute approximate surface area is 195 Å². The number of hydrogen-bond donors (Lipinski definition) is 2. The predicted molar refractivity (Wildman–Crippen MR) is 124 cm³/mol. The molecule has 33 heavy (non-hydrogen) atoms. The molecule has 1 unspecified atom stereocenters. The molecule has 2 aliphatic heterocycles. The van der Waals surface area contributed by atoms with Crippen LogP contribution in [0.2, 0.25) is 0 Å². The third-order valence-corrected chi connectivity index (χ3v) is 6.36. The van der Waals surface area contributed by atoms with Crippen molar-refractivity contribution >= 4 is 11.9 Å². The molecule has 1 amide bonds. The summed E-state index contributed by atoms with van der Waals surface area (Å²) in [5.41, 5.74) is 3.81. The van der Waals surface area contributed by atoms with Gasteiger partial charge in [0.1, 0.15) is 17.5 Å². The van der Waals surface area contributed by atoms with Crippen molar-refractivity contribution in [3.63, 3.8) is 0 Å². The van der Waals surface area contributed by atoms with Crippen molar-refractivity contribution < 1.29 is 18.9 Å². The fraction of sp³-hybridized carbons (Fsp3) is 0.625. The molecule has 0 radical (unpaired) electrons. The number of nitrogens with zero attached hydrogens (tertiary/aromatic N) is 3. The first kappa shape index (κ1) is 23.4. The zero-order chi connectivity index (χ0) is 23.2. The largest absolute Gasteiger partial charge is 0.494 e. The lowest BCUT2D eigenvalue weighted by atomic mass is 9.92. The minimum atomic E-state index is -0.295. The van der Waals surface area contributed by atoms with Gasteiger partial charge in [0.2, 0.25) is 5.91 Å². The number of nitrogens with one attached hydrogen (secondary N) is 2. The van der Waals surface area contributed by atoms with Crippen molar-refractivity contribution in [1.82, 2.24) is 20.9 Å². The summed E-state index contributed by atoms with van der Waals surface area (Å²) in [4.78, 5) is 23.9. The lowest BCUT2D eigenvalue weighted by Gasteiger charge is -2.30. The third-order valence-electron chi connectivity index (χ3n) is 6.36. The van der Waals surface area contributed by atoms with Crippen LogP contribution >= 0.6 is 0 Å². The summed E-state index contributed by atoms with van der Waals surface area (Å²) in [6.07, 6.45) is 5.18. The summed E-state index contributed by atoms with van der Waals surface area (Å²) in [6, 6.07) is 6.12. The molecule has 0 aliphatic carbocycles. The normalized spacial score (nSPS) is 19.2. The summed E-state index contributed by atoms with van der Waals surface area (Å²) in [5.74, 6) is 3.28. The highest BCUT2D eigenvalue weighted by Crippen LogP contribution is 2.27. The Morgan fingerprint density at radius 3 is 2.76 bits per heavy atom. The maximum atomic E-state index is 11.6. The number of carbonyl (C=O) groups is 1. The van der Waals surface area contributed by atoms with E-state index in [1.165, 1.54) is 0 Å². The van der Waals surface area contributed by atoms with Crippen molar-refractivity contribution in [3.05, 3.63) is 29.6 Å². The number of aromatic nitrogens is 2. The van der Waals surface area contributed by atoms with Crippen LogP contribution in [0.3, 0.4) is 0 Å². The number of anilines is 1. The van der Waals surface area contributed by atoms with Crippen molar-refractivity contribution in [2.24, 2.45) is 5.92 Å². The molecule has 1 aromatic carbocycles. The Balaban J connectivity index is 1.14. The second-order valence-electron chi connectivity index (χ2n) is 9.29. The maximum absolute atomic E-state index is 11.6. The number of amides is 1. The number of aryl methyl sites for hydroxylation is 1. The second kappa shape index (κ2) is 10.9. The highest BCUT2D eigenvalue weighted by molar-refractivity contribution is 5.83. The van der Waals surface area contributed by atoms with Gasteiger partial charge in [0.15, 0.2) is 5.82 Å². The molecule has 180 valence electrons. The maximum Gasteiger partial charge on any atom is 0.324 e. The molecule has 1 atom stereocenters. The Morgan fingerprint density at radius 1 is 1.27 bits per heavy atom. The lowest BCUT2D eigenvalue weighted by molar-refractivity contribution is -0.122. The topological polar surface area (TPSA) is 102 Å². The fourth-order valence-corrected chi connectivity index (χ4v) is 4.23. The average Bonchev–Trinajstić information content (AvgIpc) is 3.46. The first-order valence-corrected chi connectivity index (χ1v) is 12.0. The van der Waals surface area contributed by atoms with E-state index in [9.17, 15) is 4.79 Å². The number of hydroxylamine groups is 1. The van der Waals surface area contributed by atoms with Gasteiger partial charge >= 0.3 is 6.01 Å². The summed E-state index contributed by atoms with van der Waals surface area (Å²) < 4.78 is 11.4. The minimum Gasteiger partial charge on any atom is -0.494 e. The number of piperidine rings is 1. The zero-order valence-corrected chi connectivity index (χ0v) is 19.8. The molecule has 2 saturated heterocycles. The molecule has 1 aromatic heterocycles. The van der Waals surface area contributed by atoms with E-state index >= 15 is 0 Å². The SMILES string of the molecule is Cc1cc(OCCCC2CCN(c3nc(C(C)C)no3)CC2)ccc1ONC1CCNC1=O. The van der Waals surface area contributed by atoms with Crippen molar-refractivity contribution in [1.29, 1.82) is 0 Å². The average molecular weight is 458 g/mol. The van der Waals surface area contributed by atoms with E-state index in [2.05, 4.69) is 39.7 Å². The van der Waals surface area contributed by atoms with Gasteiger partial charge < -0.3 is 24.3 Å². The van der Waals surface area contributed by atoms with Gasteiger partial charge in [0, 0.05) is 25.6 Å². The molecule has 2 aromatic rings. The molecule has 9 heteroatoms. The summed E-state index contributed by atoms with van der Waals surface area (Å²) in [6.45, 7) is 9.42. The van der Waals surface area contributed by atoms with E-state index in [0.717, 1.165) is 62.3 Å². The Morgan fingerprint density at radius 2 is 2.09 bits per heavy atom. The molecule has 4 rings (SSSR count). The zero-order valence-electron chi connectivity index (χ0n) is 19.8. The first-order valence-electron chi connectivity index (χ1n) is 12.0. The molecule has 2 aliphatic rings. The summed E-state index contributed by atoms with van der Waals surface area (Å²) >= 11 is 0. The van der Waals surface area contributed by atoms with Crippen LogP contribution in [0.25, 0.3) is 0 Å². The van der Waals surface area contributed by atoms with E-state index in [0.29, 0.717) is 30.8 Å². The summed E-state index contributed by atoms with van der Waals surface area (Å²) in [5, 5.41) is 6.85. The van der Waals surface area contributed by atoms with Crippen LogP contribution < -0.4 is 25.3 Å². The molecule has 0 spiro atoms. The number of rotatable bonds is 10. The molecular formula is C24H35N5O4. The monoisotopic (exact) mass is 457 g/mol. The van der Waals surface area contributed by atoms with Gasteiger partial charge in [-0.15, -0.1) is 5.48 Å². The smallest absolute Gasteiger partial charge is 0.324 e. The van der Waals surface area contributed by atoms with E-state index in [1.54, 1.807) is 0 Å². The molecule has 0 saturated carbocycles. The quantitative estimate of drug-likeness (QED) is 0.414. The van der Waals surface area contributed by atoms with Gasteiger partial charge in [-0.05, 0) is 68.7 Å². The number of ether oxygens (including phenoxy) is 1. The van der Waals surface area contributed by atoms with Crippen LogP contribution in [0, 0.1) is 12.8 Å². The molecule has 2 fully saturated rings. The van der Waals surface area contributed by atoms with Crippen LogP contribution in [0.1, 0.15) is 63.3 Å². The Bertz CT molecular complexity index is 923. The van der Waals surface area contributed by atoms with Gasteiger partial charge in [-0.1, -0.05) is 19.0 Å². The van der Waals surface area contributed by atoms with Gasteiger partial charge in [0.05, 0.1) is 6.61 Å². The second-order valence-corrected chi connectivity index (χ2v) is 9.29. The van der Waals surface area contributed by atoms with Gasteiger partial charge in [-0.3, -0.25) is 4.79 Å². The van der Waals surface area contributed by atoms with Crippen molar-refractivity contribution in [2.75, 3.05) is 31.1 Å². The molecular weight excluding hydrogens is 422 g/mol. The molecule has 0 bridgehead atoms. The van der Waals surface area contributed by atoms with E-state index in [1.807, 2.05) is 25.1 Å². The van der Waals surface area contributed by atoms with Crippen molar-refractivity contribution in [3.8, 4) is 11.5 Å². The standard InChI is InChI=1S/C24H35N5O4/c1-16(2)22-26-24(33-28-22)29-12-9-18(10-13-29)5-4-14-31-19-6-7-21(17(3)15-19)32-27-20-8-11-25-23(20)30/h6-7,15-16,18,20,27H,4-5,8-14H2,1-3H3,(H,25,30). The third kappa shape index (κ3) is 6.16.